The summed E-state index contributed by atoms with van der Waals surface area (Å²) in [6.07, 6.45) is 4.65. The van der Waals surface area contributed by atoms with Gasteiger partial charge in [-0.1, -0.05) is 12.1 Å². The van der Waals surface area contributed by atoms with Gasteiger partial charge in [-0.05, 0) is 59.7 Å². The lowest BCUT2D eigenvalue weighted by Crippen LogP contribution is -1.98. The molecule has 0 amide bonds. The lowest BCUT2D eigenvalue weighted by Gasteiger charge is -2.11. The van der Waals surface area contributed by atoms with Crippen molar-refractivity contribution in [3.8, 4) is 22.6 Å². The number of nitrogens with one attached hydrogen (secondary N) is 1. The number of rotatable bonds is 5. The predicted molar refractivity (Wildman–Crippen MR) is 116 cm³/mol. The van der Waals surface area contributed by atoms with Crippen LogP contribution in [0.15, 0.2) is 79.6 Å². The van der Waals surface area contributed by atoms with Crippen LogP contribution in [0.1, 0.15) is 0 Å². The Kier molecular flexibility index (Phi) is 4.72. The van der Waals surface area contributed by atoms with Gasteiger partial charge in [-0.15, -0.1) is 0 Å². The van der Waals surface area contributed by atoms with Crippen molar-refractivity contribution in [2.75, 3.05) is 12.4 Å². The second-order valence-corrected chi connectivity index (χ2v) is 6.82. The van der Waals surface area contributed by atoms with E-state index < -0.39 is 5.82 Å². The van der Waals surface area contributed by atoms with E-state index in [1.165, 1.54) is 25.8 Å². The predicted octanol–water partition coefficient (Wildman–Crippen LogP) is 4.77. The van der Waals surface area contributed by atoms with Crippen molar-refractivity contribution >= 4 is 22.4 Å². The monoisotopic (exact) mass is 412 g/mol. The summed E-state index contributed by atoms with van der Waals surface area (Å²) < 4.78 is 20.9. The normalized spacial score (nSPS) is 10.9. The molecule has 2 aromatic heterocycles. The molecule has 5 rings (SSSR count). The van der Waals surface area contributed by atoms with Gasteiger partial charge in [-0.25, -0.2) is 24.0 Å². The number of aromatic nitrogens is 5. The second kappa shape index (κ2) is 7.83. The van der Waals surface area contributed by atoms with Gasteiger partial charge in [0, 0.05) is 11.1 Å². The van der Waals surface area contributed by atoms with E-state index in [-0.39, 0.29) is 5.75 Å². The van der Waals surface area contributed by atoms with Crippen molar-refractivity contribution in [1.82, 2.24) is 24.7 Å². The molecule has 0 radical (unpaired) electrons. The Morgan fingerprint density at radius 1 is 0.903 bits per heavy atom. The molecule has 8 heteroatoms. The SMILES string of the molecule is COc1ccc(-c2ccc3ncnc(Nc4ccc(-n5cncn5)cc4)c3c2)cc1F. The molecule has 0 aliphatic heterocycles. The Bertz CT molecular complexity index is 1350. The Labute approximate surface area is 177 Å². The molecule has 2 heterocycles. The number of nitrogens with zero attached hydrogens (tertiary/aromatic N) is 5. The quantitative estimate of drug-likeness (QED) is 0.448. The maximum Gasteiger partial charge on any atom is 0.165 e. The molecule has 7 nitrogen and oxygen atoms in total. The molecule has 152 valence electrons. The first-order valence-corrected chi connectivity index (χ1v) is 9.52. The molecule has 0 saturated heterocycles. The van der Waals surface area contributed by atoms with Gasteiger partial charge in [0.05, 0.1) is 18.3 Å². The molecular weight excluding hydrogens is 395 g/mol. The minimum Gasteiger partial charge on any atom is -0.494 e. The van der Waals surface area contributed by atoms with Crippen LogP contribution in [-0.2, 0) is 0 Å². The third-order valence-electron chi connectivity index (χ3n) is 4.93. The zero-order valence-corrected chi connectivity index (χ0v) is 16.5. The van der Waals surface area contributed by atoms with Crippen molar-refractivity contribution in [1.29, 1.82) is 0 Å². The van der Waals surface area contributed by atoms with Crippen molar-refractivity contribution in [3.05, 3.63) is 85.5 Å². The molecule has 5 aromatic rings. The van der Waals surface area contributed by atoms with Gasteiger partial charge < -0.3 is 10.1 Å². The maximum atomic E-state index is 14.2. The van der Waals surface area contributed by atoms with Gasteiger partial charge in [0.25, 0.3) is 0 Å². The molecule has 0 aliphatic rings. The highest BCUT2D eigenvalue weighted by atomic mass is 19.1. The number of hydrogen-bond acceptors (Lipinski definition) is 6. The van der Waals surface area contributed by atoms with Gasteiger partial charge in [0.15, 0.2) is 11.6 Å². The van der Waals surface area contributed by atoms with Gasteiger partial charge in [0.1, 0.15) is 24.8 Å². The second-order valence-electron chi connectivity index (χ2n) is 6.82. The van der Waals surface area contributed by atoms with E-state index in [0.29, 0.717) is 5.82 Å². The Morgan fingerprint density at radius 2 is 1.71 bits per heavy atom. The summed E-state index contributed by atoms with van der Waals surface area (Å²) in [5, 5.41) is 8.29. The minimum absolute atomic E-state index is 0.213. The highest BCUT2D eigenvalue weighted by molar-refractivity contribution is 5.93. The number of benzene rings is 3. The lowest BCUT2D eigenvalue weighted by molar-refractivity contribution is 0.386. The van der Waals surface area contributed by atoms with Gasteiger partial charge in [0.2, 0.25) is 0 Å². The molecular formula is C23H17FN6O. The maximum absolute atomic E-state index is 14.2. The third-order valence-corrected chi connectivity index (χ3v) is 4.93. The fourth-order valence-electron chi connectivity index (χ4n) is 3.36. The van der Waals surface area contributed by atoms with Crippen molar-refractivity contribution in [2.45, 2.75) is 0 Å². The van der Waals surface area contributed by atoms with E-state index >= 15 is 0 Å². The molecule has 1 N–H and O–H groups in total. The molecule has 0 bridgehead atoms. The smallest absolute Gasteiger partial charge is 0.165 e. The summed E-state index contributed by atoms with van der Waals surface area (Å²) >= 11 is 0. The standard InChI is InChI=1S/C23H17FN6O/c1-31-22-9-3-16(11-20(22)24)15-2-8-21-19(10-15)23(27-13-26-21)29-17-4-6-18(7-5-17)30-14-25-12-28-30/h2-14H,1H3,(H,26,27,29). The number of ether oxygens (including phenoxy) is 1. The highest BCUT2D eigenvalue weighted by Gasteiger charge is 2.09. The van der Waals surface area contributed by atoms with E-state index in [4.69, 9.17) is 4.74 Å². The van der Waals surface area contributed by atoms with E-state index in [9.17, 15) is 4.39 Å². The Balaban J connectivity index is 1.49. The van der Waals surface area contributed by atoms with Crippen LogP contribution in [-0.4, -0.2) is 31.8 Å². The summed E-state index contributed by atoms with van der Waals surface area (Å²) in [5.41, 5.74) is 4.15. The lowest BCUT2D eigenvalue weighted by atomic mass is 10.0. The molecule has 3 aromatic carbocycles. The first-order valence-electron chi connectivity index (χ1n) is 9.52. The van der Waals surface area contributed by atoms with Crippen LogP contribution in [0.5, 0.6) is 5.75 Å². The molecule has 0 spiro atoms. The summed E-state index contributed by atoms with van der Waals surface area (Å²) in [6, 6.07) is 18.4. The molecule has 31 heavy (non-hydrogen) atoms. The zero-order valence-electron chi connectivity index (χ0n) is 16.5. The number of hydrogen-bond donors (Lipinski definition) is 1. The van der Waals surface area contributed by atoms with E-state index in [0.717, 1.165) is 33.4 Å². The van der Waals surface area contributed by atoms with Gasteiger partial charge >= 0.3 is 0 Å². The number of anilines is 2. The zero-order chi connectivity index (χ0) is 21.2. The Hall–Kier alpha value is -4.33. The topological polar surface area (TPSA) is 77.8 Å². The fourth-order valence-corrected chi connectivity index (χ4v) is 3.36. The highest BCUT2D eigenvalue weighted by Crippen LogP contribution is 2.30. The van der Waals surface area contributed by atoms with Crippen molar-refractivity contribution < 1.29 is 9.13 Å². The largest absolute Gasteiger partial charge is 0.494 e. The molecule has 0 aliphatic carbocycles. The van der Waals surface area contributed by atoms with Crippen LogP contribution in [0.4, 0.5) is 15.9 Å². The Morgan fingerprint density at radius 3 is 2.45 bits per heavy atom. The summed E-state index contributed by atoms with van der Waals surface area (Å²) in [7, 11) is 1.45. The first kappa shape index (κ1) is 18.7. The van der Waals surface area contributed by atoms with Crippen molar-refractivity contribution in [3.63, 3.8) is 0 Å². The van der Waals surface area contributed by atoms with Crippen LogP contribution in [0, 0.1) is 5.82 Å². The molecule has 0 saturated carbocycles. The third kappa shape index (κ3) is 3.66. The van der Waals surface area contributed by atoms with Crippen LogP contribution < -0.4 is 10.1 Å². The summed E-state index contributed by atoms with van der Waals surface area (Å²) in [4.78, 5) is 12.7. The molecule has 0 atom stereocenters. The summed E-state index contributed by atoms with van der Waals surface area (Å²) in [6.45, 7) is 0. The average Bonchev–Trinajstić information content (AvgIpc) is 3.34. The minimum atomic E-state index is -0.407. The fraction of sp³-hybridized carbons (Fsp3) is 0.0435. The van der Waals surface area contributed by atoms with E-state index in [1.54, 1.807) is 17.1 Å². The van der Waals surface area contributed by atoms with E-state index in [1.807, 2.05) is 48.5 Å². The molecule has 0 unspecified atom stereocenters. The van der Waals surface area contributed by atoms with Crippen LogP contribution in [0.3, 0.4) is 0 Å². The van der Waals surface area contributed by atoms with Gasteiger partial charge in [-0.3, -0.25) is 0 Å². The molecule has 0 fully saturated rings. The van der Waals surface area contributed by atoms with E-state index in [2.05, 4.69) is 25.4 Å². The average molecular weight is 412 g/mol. The van der Waals surface area contributed by atoms with Crippen LogP contribution in [0.2, 0.25) is 0 Å². The number of fused-ring (bicyclic) bond motifs is 1. The number of halogens is 1. The van der Waals surface area contributed by atoms with Crippen LogP contribution >= 0.6 is 0 Å². The summed E-state index contributed by atoms with van der Waals surface area (Å²) in [5.74, 6) is 0.467. The number of methoxy groups -OCH3 is 1. The van der Waals surface area contributed by atoms with Crippen molar-refractivity contribution in [2.24, 2.45) is 0 Å². The first-order chi connectivity index (χ1) is 15.2. The van der Waals surface area contributed by atoms with Crippen LogP contribution in [0.25, 0.3) is 27.7 Å². The van der Waals surface area contributed by atoms with Gasteiger partial charge in [-0.2, -0.15) is 5.10 Å².